The van der Waals surface area contributed by atoms with E-state index in [9.17, 15) is 0 Å². The Morgan fingerprint density at radius 2 is 0.483 bits per heavy atom. The Balaban J connectivity index is 0.000000371. The van der Waals surface area contributed by atoms with E-state index in [0.29, 0.717) is 22.2 Å². The zero-order chi connectivity index (χ0) is 41.9. The van der Waals surface area contributed by atoms with Gasteiger partial charge in [-0.25, -0.2) is 24.3 Å². The van der Waals surface area contributed by atoms with Gasteiger partial charge in [-0.15, -0.1) is 46.5 Å². The molecule has 4 aliphatic rings. The molecule has 4 aromatic carbocycles. The largest absolute Gasteiger partial charge is 1.00 e. The van der Waals surface area contributed by atoms with Crippen LogP contribution in [0.4, 0.5) is 0 Å². The van der Waals surface area contributed by atoms with Crippen LogP contribution in [0.5, 0.6) is 0 Å². The van der Waals surface area contributed by atoms with Gasteiger partial charge in [-0.1, -0.05) is 174 Å². The van der Waals surface area contributed by atoms with Gasteiger partial charge in [-0.2, -0.15) is 22.3 Å². The second-order valence-corrected chi connectivity index (χ2v) is 40.2. The molecule has 0 saturated heterocycles. The van der Waals surface area contributed by atoms with Crippen LogP contribution in [0.2, 0.25) is 78.6 Å². The van der Waals surface area contributed by atoms with Gasteiger partial charge in [0.15, 0.2) is 0 Å². The van der Waals surface area contributed by atoms with Gasteiger partial charge in [0.2, 0.25) is 0 Å². The number of halogens is 2. The van der Waals surface area contributed by atoms with Crippen LogP contribution in [0.25, 0.3) is 24.3 Å². The second-order valence-electron chi connectivity index (χ2n) is 19.0. The predicted octanol–water partition coefficient (Wildman–Crippen LogP) is 7.85. The maximum absolute atomic E-state index is 3.50. The molecule has 58 heavy (non-hydrogen) atoms. The standard InChI is InChI=1S/4C12H15Si.2CH2.2ClH.2Zr/c4*1-13(2,3)12-9-8-10-6-4-5-7-11(10)12;;;;;;/h4*4-8,12H,1-3H3;2*1H2;2*1H;;/q4*-1;;;;;2*+2/p-2. The van der Waals surface area contributed by atoms with Gasteiger partial charge in [0.25, 0.3) is 0 Å². The van der Waals surface area contributed by atoms with E-state index in [1.54, 1.807) is 0 Å². The van der Waals surface area contributed by atoms with Crippen LogP contribution in [0.1, 0.15) is 66.7 Å². The van der Waals surface area contributed by atoms with Crippen molar-refractivity contribution in [3.63, 3.8) is 0 Å². The summed E-state index contributed by atoms with van der Waals surface area (Å²) in [5, 5.41) is 0. The third-order valence-electron chi connectivity index (χ3n) is 10.3. The van der Waals surface area contributed by atoms with E-state index in [4.69, 9.17) is 0 Å². The van der Waals surface area contributed by atoms with Crippen LogP contribution in [0.15, 0.2) is 97.1 Å². The van der Waals surface area contributed by atoms with Crippen molar-refractivity contribution in [3.8, 4) is 0 Å². The number of fused-ring (bicyclic) bond motifs is 4. The minimum absolute atomic E-state index is 0. The van der Waals surface area contributed by atoms with E-state index in [-0.39, 0.29) is 24.8 Å². The van der Waals surface area contributed by atoms with E-state index in [0.717, 1.165) is 0 Å². The summed E-state index contributed by atoms with van der Waals surface area (Å²) in [6.07, 6.45) is 22.6. The third-order valence-corrected chi connectivity index (χ3v) is 19.2. The van der Waals surface area contributed by atoms with Crippen LogP contribution >= 0.6 is 0 Å². The fourth-order valence-electron chi connectivity index (χ4n) is 7.54. The summed E-state index contributed by atoms with van der Waals surface area (Å²) in [4.78, 5) is 0. The summed E-state index contributed by atoms with van der Waals surface area (Å²) in [5.74, 6) is 0. The van der Waals surface area contributed by atoms with Crippen LogP contribution < -0.4 is 24.8 Å². The van der Waals surface area contributed by atoms with Crippen molar-refractivity contribution in [3.05, 3.63) is 166 Å². The zero-order valence-corrected chi connectivity index (χ0v) is 47.5. The molecule has 4 unspecified atom stereocenters. The SMILES string of the molecule is C[Si](C)(C)C1[C-]=Cc2ccccc21.C[Si](C)(C)C1[C-]=Cc2ccccc21.C[Si](C)(C)C1[C-]=Cc2ccccc21.C[Si](C)(C)C1[C-]=Cc2ccccc21.[CH2]=[Zr+2].[CH2]=[Zr+2].[Cl-].[Cl-]. The first-order chi connectivity index (χ1) is 26.4. The molecule has 0 nitrogen and oxygen atoms in total. The Hall–Kier alpha value is -1.21. The van der Waals surface area contributed by atoms with Crippen LogP contribution in [0, 0.1) is 24.3 Å². The molecule has 0 spiro atoms. The van der Waals surface area contributed by atoms with E-state index >= 15 is 0 Å². The zero-order valence-electron chi connectivity index (χ0n) is 37.0. The Bertz CT molecular complexity index is 1720. The minimum Gasteiger partial charge on any atom is -1.00 e. The molecule has 0 heterocycles. The summed E-state index contributed by atoms with van der Waals surface area (Å²) >= 11 is 2.60. The topological polar surface area (TPSA) is 0 Å². The molecule has 0 aromatic heterocycles. The average molecular weight is 1030 g/mol. The Labute approximate surface area is 400 Å². The monoisotopic (exact) mass is 1030 g/mol. The Morgan fingerprint density at radius 1 is 0.328 bits per heavy atom. The molecule has 0 aliphatic heterocycles. The molecule has 0 radical (unpaired) electrons. The van der Waals surface area contributed by atoms with E-state index in [2.05, 4.69) is 233 Å². The van der Waals surface area contributed by atoms with E-state index in [1.165, 1.54) is 93.0 Å². The molecule has 304 valence electrons. The number of hydrogen-bond acceptors (Lipinski definition) is 0. The van der Waals surface area contributed by atoms with Crippen molar-refractivity contribution in [2.75, 3.05) is 0 Å². The summed E-state index contributed by atoms with van der Waals surface area (Å²) in [6.45, 7) is 28.8. The Kier molecular flexibility index (Phi) is 23.1. The van der Waals surface area contributed by atoms with Gasteiger partial charge >= 0.3 is 56.9 Å². The van der Waals surface area contributed by atoms with Crippen LogP contribution in [-0.4, -0.2) is 40.7 Å². The predicted molar refractivity (Wildman–Crippen MR) is 255 cm³/mol. The molecular formula is C50H64Cl2Si4Zr2-2. The second kappa shape index (κ2) is 24.4. The van der Waals surface area contributed by atoms with Gasteiger partial charge in [0, 0.05) is 32.3 Å². The molecule has 4 atom stereocenters. The number of rotatable bonds is 4. The maximum Gasteiger partial charge on any atom is -1.00 e. The third kappa shape index (κ3) is 15.0. The quantitative estimate of drug-likeness (QED) is 0.145. The average Bonchev–Trinajstić information content (AvgIpc) is 3.97. The fraction of sp³-hybridized carbons (Fsp3) is 0.320. The summed E-state index contributed by atoms with van der Waals surface area (Å²) in [5.41, 5.74) is 13.8. The van der Waals surface area contributed by atoms with Crippen molar-refractivity contribution in [2.45, 2.75) is 101 Å². The van der Waals surface area contributed by atoms with Gasteiger partial charge < -0.3 is 24.8 Å². The maximum atomic E-state index is 3.50. The molecule has 4 aliphatic carbocycles. The molecule has 0 amide bonds. The molecule has 8 rings (SSSR count). The minimum atomic E-state index is -1.12. The number of allylic oxidation sites excluding steroid dienone is 4. The summed E-state index contributed by atoms with van der Waals surface area (Å²) in [7, 11) is -4.47. The van der Waals surface area contributed by atoms with Crippen molar-refractivity contribution in [1.29, 1.82) is 0 Å². The Morgan fingerprint density at radius 3 is 0.638 bits per heavy atom. The van der Waals surface area contributed by atoms with Gasteiger partial charge in [0.05, 0.1) is 0 Å². The fourth-order valence-corrected chi connectivity index (χ4v) is 14.7. The molecule has 0 bridgehead atoms. The first-order valence-corrected chi connectivity index (χ1v) is 37.6. The number of benzene rings is 4. The van der Waals surface area contributed by atoms with E-state index < -0.39 is 32.3 Å². The molecule has 0 N–H and O–H groups in total. The van der Waals surface area contributed by atoms with Gasteiger partial charge in [0.1, 0.15) is 0 Å². The van der Waals surface area contributed by atoms with Crippen molar-refractivity contribution >= 4 is 65.0 Å². The smallest absolute Gasteiger partial charge is 1.00 e. The van der Waals surface area contributed by atoms with Gasteiger partial charge in [-0.05, 0) is 0 Å². The first-order valence-electron chi connectivity index (χ1n) is 19.8. The normalized spacial score (nSPS) is 18.5. The number of hydrogen-bond donors (Lipinski definition) is 0. The summed E-state index contributed by atoms with van der Waals surface area (Å²) in [6, 6.07) is 34.6. The molecule has 0 saturated carbocycles. The molecular weight excluding hydrogens is 966 g/mol. The van der Waals surface area contributed by atoms with Crippen LogP contribution in [0.3, 0.4) is 0 Å². The van der Waals surface area contributed by atoms with Crippen molar-refractivity contribution in [1.82, 2.24) is 0 Å². The summed E-state index contributed by atoms with van der Waals surface area (Å²) < 4.78 is 6.68. The van der Waals surface area contributed by atoms with Crippen molar-refractivity contribution < 1.29 is 73.3 Å². The van der Waals surface area contributed by atoms with Gasteiger partial charge in [-0.3, -0.25) is 24.3 Å². The van der Waals surface area contributed by atoms with Crippen LogP contribution in [-0.2, 0) is 48.5 Å². The molecule has 0 fully saturated rings. The molecule has 8 heteroatoms. The van der Waals surface area contributed by atoms with Crippen molar-refractivity contribution in [2.24, 2.45) is 0 Å². The van der Waals surface area contributed by atoms with E-state index in [1.807, 2.05) is 0 Å². The molecule has 4 aromatic rings. The first kappa shape index (κ1) is 54.8.